The minimum Gasteiger partial charge on any atom is -0.478 e. The fraction of sp³-hybridized carbons (Fsp3) is 0. The van der Waals surface area contributed by atoms with Gasteiger partial charge in [-0.15, -0.1) is 5.98 Å². The highest BCUT2D eigenvalue weighted by Gasteiger charge is 1.89. The third kappa shape index (κ3) is 3.06. The molecule has 0 fully saturated rings. The zero-order chi connectivity index (χ0) is 8.81. The monoisotopic (exact) mass is 159 g/mol. The summed E-state index contributed by atoms with van der Waals surface area (Å²) in [6, 6.07) is 9.54. The van der Waals surface area contributed by atoms with Crippen molar-refractivity contribution in [1.82, 2.24) is 0 Å². The lowest BCUT2D eigenvalue weighted by molar-refractivity contribution is -0.131. The molecule has 0 saturated carbocycles. The van der Waals surface area contributed by atoms with Gasteiger partial charge in [0.1, 0.15) is 0 Å². The van der Waals surface area contributed by atoms with Crippen LogP contribution in [-0.2, 0) is 4.79 Å². The van der Waals surface area contributed by atoms with Crippen molar-refractivity contribution in [2.24, 2.45) is 0 Å². The van der Waals surface area contributed by atoms with Crippen molar-refractivity contribution in [1.29, 1.82) is 0 Å². The molecule has 0 aliphatic rings. The number of carboxylic acids is 1. The standard InChI is InChI=1S/C9H8BO2/c11-9(12)6-7-10-8-4-2-1-3-5-8/h1-7H,(H,11,12)/b7-6+. The molecule has 0 saturated heterocycles. The first-order valence-electron chi connectivity index (χ1n) is 3.58. The molecular formula is C9H8BO2. The van der Waals surface area contributed by atoms with Crippen molar-refractivity contribution < 1.29 is 9.90 Å². The average Bonchev–Trinajstić information content (AvgIpc) is 2.05. The van der Waals surface area contributed by atoms with Gasteiger partial charge in [0.2, 0.25) is 0 Å². The molecule has 0 spiro atoms. The van der Waals surface area contributed by atoms with Crippen LogP contribution in [0, 0.1) is 0 Å². The van der Waals surface area contributed by atoms with Crippen molar-refractivity contribution in [3.8, 4) is 0 Å². The molecule has 1 N–H and O–H groups in total. The van der Waals surface area contributed by atoms with E-state index in [4.69, 9.17) is 5.11 Å². The molecule has 1 aromatic rings. The Morgan fingerprint density at radius 3 is 2.58 bits per heavy atom. The predicted octanol–water partition coefficient (Wildman–Crippen LogP) is 0.614. The van der Waals surface area contributed by atoms with Gasteiger partial charge in [0, 0.05) is 6.08 Å². The van der Waals surface area contributed by atoms with Gasteiger partial charge in [-0.1, -0.05) is 35.8 Å². The zero-order valence-electron chi connectivity index (χ0n) is 6.47. The first-order chi connectivity index (χ1) is 5.79. The smallest absolute Gasteiger partial charge is 0.327 e. The van der Waals surface area contributed by atoms with Gasteiger partial charge in [0.15, 0.2) is 7.28 Å². The van der Waals surface area contributed by atoms with Crippen LogP contribution in [0.3, 0.4) is 0 Å². The summed E-state index contributed by atoms with van der Waals surface area (Å²) in [7, 11) is 1.74. The molecule has 3 heteroatoms. The van der Waals surface area contributed by atoms with Crippen LogP contribution in [0.25, 0.3) is 0 Å². The summed E-state index contributed by atoms with van der Waals surface area (Å²) in [4.78, 5) is 10.1. The van der Waals surface area contributed by atoms with Crippen LogP contribution in [0.2, 0.25) is 0 Å². The quantitative estimate of drug-likeness (QED) is 0.518. The van der Waals surface area contributed by atoms with Gasteiger partial charge in [0.05, 0.1) is 0 Å². The fourth-order valence-corrected chi connectivity index (χ4v) is 0.806. The minimum atomic E-state index is -0.929. The van der Waals surface area contributed by atoms with Gasteiger partial charge >= 0.3 is 5.97 Å². The van der Waals surface area contributed by atoms with Gasteiger partial charge in [-0.2, -0.15) is 0 Å². The molecule has 1 aromatic carbocycles. The van der Waals surface area contributed by atoms with E-state index in [1.807, 2.05) is 30.3 Å². The molecule has 0 atom stereocenters. The average molecular weight is 159 g/mol. The van der Waals surface area contributed by atoms with Crippen LogP contribution >= 0.6 is 0 Å². The molecule has 0 heterocycles. The van der Waals surface area contributed by atoms with Crippen molar-refractivity contribution >= 4 is 18.7 Å². The predicted molar refractivity (Wildman–Crippen MR) is 48.6 cm³/mol. The molecule has 1 radical (unpaired) electrons. The SMILES string of the molecule is O=C(O)/C=C/[B]c1ccccc1. The van der Waals surface area contributed by atoms with E-state index in [0.29, 0.717) is 0 Å². The van der Waals surface area contributed by atoms with Gasteiger partial charge in [0.25, 0.3) is 0 Å². The molecule has 0 bridgehead atoms. The number of rotatable bonds is 3. The highest BCUT2D eigenvalue weighted by molar-refractivity contribution is 6.58. The second-order valence-electron chi connectivity index (χ2n) is 2.27. The fourth-order valence-electron chi connectivity index (χ4n) is 0.806. The molecule has 0 amide bonds. The van der Waals surface area contributed by atoms with Crippen molar-refractivity contribution in [2.75, 3.05) is 0 Å². The summed E-state index contributed by atoms with van der Waals surface area (Å²) in [5.74, 6) is 0.583. The zero-order valence-corrected chi connectivity index (χ0v) is 6.47. The molecule has 12 heavy (non-hydrogen) atoms. The van der Waals surface area contributed by atoms with Crippen LogP contribution in [0.4, 0.5) is 0 Å². The third-order valence-corrected chi connectivity index (χ3v) is 1.33. The summed E-state index contributed by atoms with van der Waals surface area (Å²) >= 11 is 0. The number of hydrogen-bond donors (Lipinski definition) is 1. The second kappa shape index (κ2) is 4.39. The summed E-state index contributed by atoms with van der Waals surface area (Å²) in [5, 5.41) is 8.28. The highest BCUT2D eigenvalue weighted by Crippen LogP contribution is 1.81. The van der Waals surface area contributed by atoms with E-state index in [0.717, 1.165) is 11.5 Å². The second-order valence-corrected chi connectivity index (χ2v) is 2.27. The highest BCUT2D eigenvalue weighted by atomic mass is 16.4. The van der Waals surface area contributed by atoms with Crippen LogP contribution in [0.1, 0.15) is 0 Å². The van der Waals surface area contributed by atoms with Crippen LogP contribution < -0.4 is 5.46 Å². The van der Waals surface area contributed by atoms with E-state index in [2.05, 4.69) is 0 Å². The van der Waals surface area contributed by atoms with Crippen molar-refractivity contribution in [3.05, 3.63) is 42.4 Å². The molecular weight excluding hydrogens is 151 g/mol. The maximum atomic E-state index is 10.1. The number of hydrogen-bond acceptors (Lipinski definition) is 1. The van der Waals surface area contributed by atoms with E-state index < -0.39 is 5.97 Å². The lowest BCUT2D eigenvalue weighted by Gasteiger charge is -1.90. The minimum absolute atomic E-state index is 0.929. The van der Waals surface area contributed by atoms with Crippen molar-refractivity contribution in [2.45, 2.75) is 0 Å². The first kappa shape index (κ1) is 8.59. The molecule has 0 unspecified atom stereocenters. The number of benzene rings is 1. The topological polar surface area (TPSA) is 37.3 Å². The third-order valence-electron chi connectivity index (χ3n) is 1.33. The molecule has 0 aromatic heterocycles. The number of carboxylic acid groups (broad SMARTS) is 1. The van der Waals surface area contributed by atoms with Crippen LogP contribution in [-0.4, -0.2) is 18.4 Å². The summed E-state index contributed by atoms with van der Waals surface area (Å²) in [6.45, 7) is 0. The largest absolute Gasteiger partial charge is 0.478 e. The normalized spacial score (nSPS) is 10.0. The Balaban J connectivity index is 2.49. The Morgan fingerprint density at radius 2 is 2.00 bits per heavy atom. The number of carbonyl (C=O) groups is 1. The van der Waals surface area contributed by atoms with Gasteiger partial charge in [-0.05, 0) is 0 Å². The van der Waals surface area contributed by atoms with E-state index in [1.54, 1.807) is 7.28 Å². The molecule has 2 nitrogen and oxygen atoms in total. The Bertz CT molecular complexity index is 280. The van der Waals surface area contributed by atoms with Gasteiger partial charge in [-0.25, -0.2) is 4.79 Å². The summed E-state index contributed by atoms with van der Waals surface area (Å²) < 4.78 is 0. The van der Waals surface area contributed by atoms with Gasteiger partial charge in [-0.3, -0.25) is 0 Å². The Labute approximate surface area is 71.8 Å². The molecule has 59 valence electrons. The van der Waals surface area contributed by atoms with E-state index in [9.17, 15) is 4.79 Å². The Morgan fingerprint density at radius 1 is 1.33 bits per heavy atom. The summed E-state index contributed by atoms with van der Waals surface area (Å²) in [6.07, 6.45) is 1.10. The van der Waals surface area contributed by atoms with E-state index in [1.165, 1.54) is 5.98 Å². The number of aliphatic carboxylic acids is 1. The van der Waals surface area contributed by atoms with E-state index in [-0.39, 0.29) is 0 Å². The van der Waals surface area contributed by atoms with E-state index >= 15 is 0 Å². The van der Waals surface area contributed by atoms with Crippen molar-refractivity contribution in [3.63, 3.8) is 0 Å². The summed E-state index contributed by atoms with van der Waals surface area (Å²) in [5.41, 5.74) is 0.995. The molecule has 1 rings (SSSR count). The first-order valence-corrected chi connectivity index (χ1v) is 3.58. The lowest BCUT2D eigenvalue weighted by atomic mass is 9.70. The van der Waals surface area contributed by atoms with Crippen LogP contribution in [0.5, 0.6) is 0 Å². The maximum Gasteiger partial charge on any atom is 0.327 e. The van der Waals surface area contributed by atoms with Gasteiger partial charge < -0.3 is 5.11 Å². The Hall–Kier alpha value is -1.51. The maximum absolute atomic E-state index is 10.1. The van der Waals surface area contributed by atoms with Crippen LogP contribution in [0.15, 0.2) is 42.4 Å². The Kier molecular flexibility index (Phi) is 3.14. The molecule has 0 aliphatic carbocycles. The molecule has 0 aliphatic heterocycles. The lowest BCUT2D eigenvalue weighted by Crippen LogP contribution is -2.10.